The Bertz CT molecular complexity index is 309. The fourth-order valence-electron chi connectivity index (χ4n) is 1.89. The first-order valence-electron chi connectivity index (χ1n) is 5.27. The molecule has 0 radical (unpaired) electrons. The zero-order valence-corrected chi connectivity index (χ0v) is 9.80. The molecule has 1 aliphatic heterocycles. The molecule has 2 N–H and O–H groups in total. The Balaban J connectivity index is 1.88. The molecule has 1 aromatic heterocycles. The first kappa shape index (κ1) is 10.7. The lowest BCUT2D eigenvalue weighted by Gasteiger charge is -2.27. The van der Waals surface area contributed by atoms with Crippen LogP contribution in [0.15, 0.2) is 6.07 Å². The number of nitrogens with zero attached hydrogens (tertiary/aromatic N) is 2. The average molecular weight is 227 g/mol. The van der Waals surface area contributed by atoms with Crippen LogP contribution < -0.4 is 10.6 Å². The van der Waals surface area contributed by atoms with Gasteiger partial charge in [-0.15, -0.1) is 0 Å². The van der Waals surface area contributed by atoms with E-state index in [9.17, 15) is 0 Å². The second kappa shape index (κ2) is 4.81. The van der Waals surface area contributed by atoms with E-state index in [-0.39, 0.29) is 0 Å². The number of aromatic nitrogens is 1. The summed E-state index contributed by atoms with van der Waals surface area (Å²) in [7, 11) is 2.08. The summed E-state index contributed by atoms with van der Waals surface area (Å²) in [5.74, 6) is 1.26. The van der Waals surface area contributed by atoms with Gasteiger partial charge in [0.05, 0.1) is 6.61 Å². The fraction of sp³-hybridized carbons (Fsp3) is 0.700. The van der Waals surface area contributed by atoms with Crippen molar-refractivity contribution in [1.29, 1.82) is 0 Å². The second-order valence-corrected chi connectivity index (χ2v) is 4.84. The number of anilines is 2. The Hall–Kier alpha value is -0.810. The quantitative estimate of drug-likeness (QED) is 0.852. The van der Waals surface area contributed by atoms with Crippen molar-refractivity contribution in [3.63, 3.8) is 0 Å². The van der Waals surface area contributed by atoms with E-state index in [1.807, 2.05) is 6.07 Å². The molecule has 1 atom stereocenters. The minimum absolute atomic E-state index is 0.613. The molecular weight excluding hydrogens is 210 g/mol. The number of ether oxygens (including phenoxy) is 1. The van der Waals surface area contributed by atoms with Gasteiger partial charge >= 0.3 is 0 Å². The highest BCUT2D eigenvalue weighted by molar-refractivity contribution is 7.10. The van der Waals surface area contributed by atoms with Crippen molar-refractivity contribution >= 4 is 22.4 Å². The van der Waals surface area contributed by atoms with Gasteiger partial charge in [-0.1, -0.05) is 0 Å². The van der Waals surface area contributed by atoms with Crippen molar-refractivity contribution < 1.29 is 4.74 Å². The Morgan fingerprint density at radius 3 is 3.20 bits per heavy atom. The largest absolute Gasteiger partial charge is 0.383 e. The van der Waals surface area contributed by atoms with Crippen LogP contribution >= 0.6 is 11.5 Å². The molecule has 1 fully saturated rings. The Morgan fingerprint density at radius 2 is 2.60 bits per heavy atom. The maximum absolute atomic E-state index is 5.60. The summed E-state index contributed by atoms with van der Waals surface area (Å²) < 4.78 is 9.54. The van der Waals surface area contributed by atoms with Crippen LogP contribution in [0.2, 0.25) is 0 Å². The molecule has 0 amide bonds. The summed E-state index contributed by atoms with van der Waals surface area (Å²) in [5.41, 5.74) is 5.60. The van der Waals surface area contributed by atoms with Gasteiger partial charge in [0.2, 0.25) is 0 Å². The van der Waals surface area contributed by atoms with Crippen LogP contribution in [0.25, 0.3) is 0 Å². The van der Waals surface area contributed by atoms with Crippen LogP contribution in [0.1, 0.15) is 12.8 Å². The fourth-order valence-corrected chi connectivity index (χ4v) is 2.53. The van der Waals surface area contributed by atoms with Gasteiger partial charge in [-0.3, -0.25) is 0 Å². The monoisotopic (exact) mass is 227 g/mol. The van der Waals surface area contributed by atoms with E-state index in [2.05, 4.69) is 16.3 Å². The molecule has 0 saturated carbocycles. The van der Waals surface area contributed by atoms with Gasteiger partial charge in [-0.2, -0.15) is 4.37 Å². The second-order valence-electron chi connectivity index (χ2n) is 4.05. The summed E-state index contributed by atoms with van der Waals surface area (Å²) in [6, 6.07) is 1.92. The van der Waals surface area contributed by atoms with Gasteiger partial charge in [-0.25, -0.2) is 0 Å². The highest BCUT2D eigenvalue weighted by atomic mass is 32.1. The minimum atomic E-state index is 0.613. The zero-order chi connectivity index (χ0) is 10.7. The van der Waals surface area contributed by atoms with Crippen LogP contribution in [0, 0.1) is 5.92 Å². The molecule has 15 heavy (non-hydrogen) atoms. The zero-order valence-electron chi connectivity index (χ0n) is 8.98. The van der Waals surface area contributed by atoms with Crippen molar-refractivity contribution in [2.45, 2.75) is 12.8 Å². The maximum atomic E-state index is 5.60. The van der Waals surface area contributed by atoms with Gasteiger partial charge in [0, 0.05) is 26.3 Å². The van der Waals surface area contributed by atoms with Crippen molar-refractivity contribution in [3.05, 3.63) is 6.07 Å². The molecule has 1 saturated heterocycles. The third kappa shape index (κ3) is 2.82. The molecule has 1 aliphatic rings. The summed E-state index contributed by atoms with van der Waals surface area (Å²) in [6.45, 7) is 2.84. The van der Waals surface area contributed by atoms with E-state index in [0.717, 1.165) is 24.8 Å². The third-order valence-corrected chi connectivity index (χ3v) is 3.60. The normalized spacial score (nSPS) is 21.5. The van der Waals surface area contributed by atoms with Crippen molar-refractivity contribution in [1.82, 2.24) is 4.37 Å². The topological polar surface area (TPSA) is 51.4 Å². The molecule has 0 aromatic carbocycles. The average Bonchev–Trinajstić information content (AvgIpc) is 2.66. The van der Waals surface area contributed by atoms with Gasteiger partial charge < -0.3 is 15.4 Å². The van der Waals surface area contributed by atoms with E-state index in [1.54, 1.807) is 0 Å². The van der Waals surface area contributed by atoms with Crippen LogP contribution in [0.5, 0.6) is 0 Å². The van der Waals surface area contributed by atoms with Crippen LogP contribution in [0.4, 0.5) is 10.8 Å². The molecule has 5 heteroatoms. The molecule has 1 unspecified atom stereocenters. The van der Waals surface area contributed by atoms with Gasteiger partial charge in [0.1, 0.15) is 10.8 Å². The molecule has 4 nitrogen and oxygen atoms in total. The number of nitrogen functional groups attached to an aromatic ring is 1. The maximum Gasteiger partial charge on any atom is 0.139 e. The van der Waals surface area contributed by atoms with Crippen LogP contribution in [0.3, 0.4) is 0 Å². The van der Waals surface area contributed by atoms with Crippen molar-refractivity contribution in [3.8, 4) is 0 Å². The first-order valence-corrected chi connectivity index (χ1v) is 6.04. The molecule has 2 heterocycles. The van der Waals surface area contributed by atoms with E-state index >= 15 is 0 Å². The molecule has 0 aliphatic carbocycles. The number of nitrogens with two attached hydrogens (primary N) is 1. The molecule has 0 bridgehead atoms. The van der Waals surface area contributed by atoms with E-state index < -0.39 is 0 Å². The molecular formula is C10H17N3OS. The smallest absolute Gasteiger partial charge is 0.139 e. The third-order valence-electron chi connectivity index (χ3n) is 2.68. The molecule has 1 aromatic rings. The standard InChI is InChI=1S/C10H17N3OS/c1-13(10-5-9(11)12-15-10)6-8-3-2-4-14-7-8/h5,8H,2-4,6-7H2,1H3,(H2,11,12). The summed E-state index contributed by atoms with van der Waals surface area (Å²) in [6.07, 6.45) is 2.45. The first-order chi connectivity index (χ1) is 7.25. The van der Waals surface area contributed by atoms with Crippen LogP contribution in [-0.2, 0) is 4.74 Å². The van der Waals surface area contributed by atoms with Gasteiger partial charge in [0.15, 0.2) is 0 Å². The highest BCUT2D eigenvalue weighted by Gasteiger charge is 2.16. The predicted octanol–water partition coefficient (Wildman–Crippen LogP) is 1.59. The summed E-state index contributed by atoms with van der Waals surface area (Å²) in [5, 5.41) is 1.14. The van der Waals surface area contributed by atoms with Crippen molar-refractivity contribution in [2.24, 2.45) is 5.92 Å². The van der Waals surface area contributed by atoms with Gasteiger partial charge in [-0.05, 0) is 30.3 Å². The lowest BCUT2D eigenvalue weighted by Crippen LogP contribution is -2.30. The number of rotatable bonds is 3. The predicted molar refractivity (Wildman–Crippen MR) is 63.3 cm³/mol. The van der Waals surface area contributed by atoms with E-state index in [1.165, 1.54) is 24.4 Å². The molecule has 2 rings (SSSR count). The summed E-state index contributed by atoms with van der Waals surface area (Å²) in [4.78, 5) is 2.22. The van der Waals surface area contributed by atoms with Crippen molar-refractivity contribution in [2.75, 3.05) is 37.4 Å². The molecule has 84 valence electrons. The Kier molecular flexibility index (Phi) is 3.43. The Morgan fingerprint density at radius 1 is 1.73 bits per heavy atom. The summed E-state index contributed by atoms with van der Waals surface area (Å²) >= 11 is 1.46. The number of hydrogen-bond acceptors (Lipinski definition) is 5. The SMILES string of the molecule is CN(CC1CCCOC1)c1cc(N)ns1. The van der Waals surface area contributed by atoms with Gasteiger partial charge in [0.25, 0.3) is 0 Å². The van der Waals surface area contributed by atoms with E-state index in [0.29, 0.717) is 11.7 Å². The molecule has 0 spiro atoms. The minimum Gasteiger partial charge on any atom is -0.383 e. The van der Waals surface area contributed by atoms with Crippen LogP contribution in [-0.4, -0.2) is 31.2 Å². The lowest BCUT2D eigenvalue weighted by molar-refractivity contribution is 0.0577. The van der Waals surface area contributed by atoms with E-state index in [4.69, 9.17) is 10.5 Å². The highest BCUT2D eigenvalue weighted by Crippen LogP contribution is 2.24. The Labute approximate surface area is 94.2 Å². The number of hydrogen-bond donors (Lipinski definition) is 1. The lowest BCUT2D eigenvalue weighted by atomic mass is 10.0.